The molecule has 3 aliphatic rings. The van der Waals surface area contributed by atoms with Gasteiger partial charge in [0.1, 0.15) is 5.75 Å². The zero-order chi connectivity index (χ0) is 24.5. The van der Waals surface area contributed by atoms with Crippen molar-refractivity contribution in [1.29, 1.82) is 0 Å². The first-order valence-electron chi connectivity index (χ1n) is 11.0. The van der Waals surface area contributed by atoms with Crippen molar-refractivity contribution in [2.45, 2.75) is 11.7 Å². The Hall–Kier alpha value is -3.62. The van der Waals surface area contributed by atoms with Crippen LogP contribution in [0.1, 0.15) is 32.4 Å². The largest absolute Gasteiger partial charge is 0.495 e. The number of ether oxygens (including phenoxy) is 2. The molecule has 2 amide bonds. The van der Waals surface area contributed by atoms with E-state index in [-0.39, 0.29) is 16.8 Å². The van der Waals surface area contributed by atoms with Crippen LogP contribution in [-0.2, 0) is 14.3 Å². The molecule has 6 rings (SSSR count). The average Bonchev–Trinajstić information content (AvgIpc) is 3.44. The third kappa shape index (κ3) is 2.81. The van der Waals surface area contributed by atoms with Gasteiger partial charge in [0, 0.05) is 15.6 Å². The molecule has 2 saturated heterocycles. The van der Waals surface area contributed by atoms with Gasteiger partial charge in [0.25, 0.3) is 0 Å². The second-order valence-electron chi connectivity index (χ2n) is 8.72. The number of ketones is 2. The van der Waals surface area contributed by atoms with E-state index in [1.165, 1.54) is 7.11 Å². The maximum absolute atomic E-state index is 14.0. The summed E-state index contributed by atoms with van der Waals surface area (Å²) in [5.74, 6) is -4.40. The monoisotopic (exact) mass is 531 g/mol. The molecule has 1 spiro atoms. The molecular formula is C27H18BrNO6. The van der Waals surface area contributed by atoms with Crippen molar-refractivity contribution in [2.24, 2.45) is 11.8 Å². The van der Waals surface area contributed by atoms with Crippen LogP contribution in [0.5, 0.6) is 5.75 Å². The van der Waals surface area contributed by atoms with Crippen LogP contribution in [0.4, 0.5) is 5.69 Å². The van der Waals surface area contributed by atoms with Gasteiger partial charge in [-0.1, -0.05) is 64.5 Å². The molecule has 0 bridgehead atoms. The predicted molar refractivity (Wildman–Crippen MR) is 128 cm³/mol. The summed E-state index contributed by atoms with van der Waals surface area (Å²) in [7, 11) is 1.45. The Morgan fingerprint density at radius 1 is 0.829 bits per heavy atom. The highest BCUT2D eigenvalue weighted by atomic mass is 79.9. The van der Waals surface area contributed by atoms with E-state index in [0.717, 1.165) is 9.37 Å². The second kappa shape index (κ2) is 7.69. The van der Waals surface area contributed by atoms with Gasteiger partial charge in [-0.2, -0.15) is 0 Å². The highest BCUT2D eigenvalue weighted by molar-refractivity contribution is 9.10. The molecule has 3 aromatic rings. The highest BCUT2D eigenvalue weighted by Crippen LogP contribution is 2.58. The van der Waals surface area contributed by atoms with Crippen molar-refractivity contribution < 1.29 is 28.7 Å². The predicted octanol–water partition coefficient (Wildman–Crippen LogP) is 4.15. The van der Waals surface area contributed by atoms with Crippen molar-refractivity contribution in [3.05, 3.63) is 94.0 Å². The maximum atomic E-state index is 14.0. The minimum atomic E-state index is -2.10. The van der Waals surface area contributed by atoms with E-state index >= 15 is 0 Å². The summed E-state index contributed by atoms with van der Waals surface area (Å²) in [5.41, 5.74) is -0.846. The number of imide groups is 1. The molecule has 2 aliphatic heterocycles. The number of anilines is 1. The van der Waals surface area contributed by atoms with E-state index < -0.39 is 46.9 Å². The number of rotatable bonds is 3. The summed E-state index contributed by atoms with van der Waals surface area (Å²) in [6.45, 7) is 0. The number of fused-ring (bicyclic) bond motifs is 3. The Kier molecular flexibility index (Phi) is 4.81. The van der Waals surface area contributed by atoms with Crippen LogP contribution < -0.4 is 9.64 Å². The Bertz CT molecular complexity index is 1400. The summed E-state index contributed by atoms with van der Waals surface area (Å²) in [6.07, 6.45) is -0.966. The first kappa shape index (κ1) is 21.9. The average molecular weight is 532 g/mol. The number of Topliss-reactive ketones (excluding diaryl/α,β-unsaturated/α-hetero) is 2. The molecule has 0 aromatic heterocycles. The topological polar surface area (TPSA) is 90.0 Å². The SMILES string of the molecule is COc1ccccc1N1C(=O)[C@@H]2[C@@H](c3ccc(Br)cc3)OC3(C(=O)c4ccccc4C3=O)[C@@H]2C1=O. The second-order valence-corrected chi connectivity index (χ2v) is 9.63. The van der Waals surface area contributed by atoms with Gasteiger partial charge in [-0.3, -0.25) is 19.2 Å². The standard InChI is InChI=1S/C27H18BrNO6/c1-34-19-9-5-4-8-18(19)29-25(32)20-21(26(29)33)27(35-22(20)14-10-12-15(28)13-11-14)23(30)16-6-2-3-7-17(16)24(27)31/h2-13,20-22H,1H3/t20-,21-,22+/m0/s1. The van der Waals surface area contributed by atoms with Crippen molar-refractivity contribution in [3.63, 3.8) is 0 Å². The Balaban J connectivity index is 1.55. The number of para-hydroxylation sites is 2. The van der Waals surface area contributed by atoms with Crippen molar-refractivity contribution >= 4 is 45.0 Å². The quantitative estimate of drug-likeness (QED) is 0.372. The molecule has 174 valence electrons. The Morgan fingerprint density at radius 2 is 1.43 bits per heavy atom. The van der Waals surface area contributed by atoms with E-state index in [1.807, 2.05) is 0 Å². The molecule has 0 N–H and O–H groups in total. The van der Waals surface area contributed by atoms with Crippen LogP contribution in [0.3, 0.4) is 0 Å². The van der Waals surface area contributed by atoms with Gasteiger partial charge in [0.15, 0.2) is 0 Å². The van der Waals surface area contributed by atoms with Crippen LogP contribution in [0.2, 0.25) is 0 Å². The van der Waals surface area contributed by atoms with Gasteiger partial charge < -0.3 is 9.47 Å². The number of amides is 2. The number of methoxy groups -OCH3 is 1. The van der Waals surface area contributed by atoms with Gasteiger partial charge in [-0.15, -0.1) is 0 Å². The number of carbonyl (C=O) groups excluding carboxylic acids is 4. The van der Waals surface area contributed by atoms with Crippen LogP contribution in [-0.4, -0.2) is 36.1 Å². The lowest BCUT2D eigenvalue weighted by atomic mass is 9.77. The molecule has 1 aliphatic carbocycles. The number of hydrogen-bond acceptors (Lipinski definition) is 6. The first-order valence-corrected chi connectivity index (χ1v) is 11.8. The molecule has 35 heavy (non-hydrogen) atoms. The van der Waals surface area contributed by atoms with Crippen LogP contribution >= 0.6 is 15.9 Å². The lowest BCUT2D eigenvalue weighted by Gasteiger charge is -2.27. The summed E-state index contributed by atoms with van der Waals surface area (Å²) in [6, 6.07) is 20.2. The number of hydrogen-bond donors (Lipinski definition) is 0. The minimum absolute atomic E-state index is 0.198. The Morgan fingerprint density at radius 3 is 2.06 bits per heavy atom. The summed E-state index contributed by atoms with van der Waals surface area (Å²) in [5, 5.41) is 0. The molecule has 0 radical (unpaired) electrons. The fraction of sp³-hybridized carbons (Fsp3) is 0.185. The fourth-order valence-electron chi connectivity index (χ4n) is 5.52. The summed E-state index contributed by atoms with van der Waals surface area (Å²) >= 11 is 3.39. The van der Waals surface area contributed by atoms with E-state index in [2.05, 4.69) is 15.9 Å². The number of benzene rings is 3. The number of carbonyl (C=O) groups is 4. The normalized spacial score (nSPS) is 24.3. The van der Waals surface area contributed by atoms with Crippen molar-refractivity contribution in [3.8, 4) is 5.75 Å². The molecule has 8 heteroatoms. The number of halogens is 1. The molecule has 7 nitrogen and oxygen atoms in total. The summed E-state index contributed by atoms with van der Waals surface area (Å²) in [4.78, 5) is 56.4. The van der Waals surface area contributed by atoms with Gasteiger partial charge in [0.05, 0.1) is 30.7 Å². The molecule has 2 fully saturated rings. The van der Waals surface area contributed by atoms with E-state index in [9.17, 15) is 19.2 Å². The first-order chi connectivity index (χ1) is 16.9. The number of nitrogens with zero attached hydrogens (tertiary/aromatic N) is 1. The lowest BCUT2D eigenvalue weighted by Crippen LogP contribution is -2.51. The van der Waals surface area contributed by atoms with Gasteiger partial charge in [0.2, 0.25) is 29.0 Å². The third-order valence-electron chi connectivity index (χ3n) is 7.04. The lowest BCUT2D eigenvalue weighted by molar-refractivity contribution is -0.127. The molecule has 2 heterocycles. The molecule has 0 unspecified atom stereocenters. The van der Waals surface area contributed by atoms with E-state index in [0.29, 0.717) is 11.3 Å². The van der Waals surface area contributed by atoms with E-state index in [4.69, 9.17) is 9.47 Å². The molecule has 3 aromatic carbocycles. The van der Waals surface area contributed by atoms with E-state index in [1.54, 1.807) is 72.8 Å². The molecule has 0 saturated carbocycles. The molecule has 3 atom stereocenters. The fourth-order valence-corrected chi connectivity index (χ4v) is 5.79. The van der Waals surface area contributed by atoms with Crippen LogP contribution in [0, 0.1) is 11.8 Å². The smallest absolute Gasteiger partial charge is 0.241 e. The van der Waals surface area contributed by atoms with Crippen molar-refractivity contribution in [1.82, 2.24) is 0 Å². The van der Waals surface area contributed by atoms with Gasteiger partial charge >= 0.3 is 0 Å². The highest BCUT2D eigenvalue weighted by Gasteiger charge is 2.74. The van der Waals surface area contributed by atoms with Crippen molar-refractivity contribution in [2.75, 3.05) is 12.0 Å². The van der Waals surface area contributed by atoms with Gasteiger partial charge in [-0.25, -0.2) is 4.90 Å². The third-order valence-corrected chi connectivity index (χ3v) is 7.57. The zero-order valence-corrected chi connectivity index (χ0v) is 20.0. The zero-order valence-electron chi connectivity index (χ0n) is 18.4. The van der Waals surface area contributed by atoms with Crippen LogP contribution in [0.15, 0.2) is 77.3 Å². The van der Waals surface area contributed by atoms with Crippen LogP contribution in [0.25, 0.3) is 0 Å². The molecular weight excluding hydrogens is 514 g/mol. The summed E-state index contributed by atoms with van der Waals surface area (Å²) < 4.78 is 12.5. The van der Waals surface area contributed by atoms with Gasteiger partial charge in [-0.05, 0) is 29.8 Å². The minimum Gasteiger partial charge on any atom is -0.495 e. The Labute approximate surface area is 208 Å². The maximum Gasteiger partial charge on any atom is 0.241 e.